The second-order valence-electron chi connectivity index (χ2n) is 5.59. The summed E-state index contributed by atoms with van der Waals surface area (Å²) in [5, 5.41) is 10.8. The Morgan fingerprint density at radius 2 is 2.05 bits per heavy atom. The van der Waals surface area contributed by atoms with E-state index in [2.05, 4.69) is 18.7 Å². The van der Waals surface area contributed by atoms with Crippen LogP contribution in [0.4, 0.5) is 11.4 Å². The predicted octanol–water partition coefficient (Wildman–Crippen LogP) is 3.03. The SMILES string of the molecule is CCC1(CC)CN(c2ccc([N+](=O)[O-])cc2C)CCS1=O. The zero-order chi connectivity index (χ0) is 15.6. The average molecular weight is 310 g/mol. The highest BCUT2D eigenvalue weighted by molar-refractivity contribution is 7.86. The number of hydrogen-bond acceptors (Lipinski definition) is 4. The molecule has 5 nitrogen and oxygen atoms in total. The number of nitro benzene ring substituents is 1. The van der Waals surface area contributed by atoms with Crippen LogP contribution in [0.2, 0.25) is 0 Å². The fourth-order valence-electron chi connectivity index (χ4n) is 3.02. The molecule has 0 N–H and O–H groups in total. The van der Waals surface area contributed by atoms with E-state index in [4.69, 9.17) is 0 Å². The summed E-state index contributed by atoms with van der Waals surface area (Å²) in [5.41, 5.74) is 2.04. The monoisotopic (exact) mass is 310 g/mol. The van der Waals surface area contributed by atoms with E-state index in [1.807, 2.05) is 13.0 Å². The number of non-ortho nitro benzene ring substituents is 1. The summed E-state index contributed by atoms with van der Waals surface area (Å²) in [6.45, 7) is 7.58. The van der Waals surface area contributed by atoms with Gasteiger partial charge >= 0.3 is 0 Å². The van der Waals surface area contributed by atoms with Crippen molar-refractivity contribution in [1.82, 2.24) is 0 Å². The quantitative estimate of drug-likeness (QED) is 0.633. The van der Waals surface area contributed by atoms with E-state index in [0.717, 1.165) is 37.2 Å². The molecule has 116 valence electrons. The third-order valence-electron chi connectivity index (χ3n) is 4.53. The maximum absolute atomic E-state index is 12.4. The van der Waals surface area contributed by atoms with Crippen LogP contribution in [0.25, 0.3) is 0 Å². The lowest BCUT2D eigenvalue weighted by molar-refractivity contribution is -0.384. The van der Waals surface area contributed by atoms with Gasteiger partial charge in [0.25, 0.3) is 5.69 Å². The first-order valence-corrected chi connectivity index (χ1v) is 8.64. The van der Waals surface area contributed by atoms with Gasteiger partial charge in [0.15, 0.2) is 0 Å². The summed E-state index contributed by atoms with van der Waals surface area (Å²) in [7, 11) is -0.799. The first kappa shape index (κ1) is 15.9. The Morgan fingerprint density at radius 1 is 1.38 bits per heavy atom. The molecule has 1 fully saturated rings. The highest BCUT2D eigenvalue weighted by Gasteiger charge is 2.39. The zero-order valence-electron chi connectivity index (χ0n) is 12.8. The van der Waals surface area contributed by atoms with E-state index in [1.165, 1.54) is 0 Å². The largest absolute Gasteiger partial charge is 0.369 e. The predicted molar refractivity (Wildman–Crippen MR) is 86.4 cm³/mol. The van der Waals surface area contributed by atoms with Crippen LogP contribution in [-0.2, 0) is 10.8 Å². The summed E-state index contributed by atoms with van der Waals surface area (Å²) in [5.74, 6) is 0.665. The van der Waals surface area contributed by atoms with Gasteiger partial charge in [0, 0.05) is 47.5 Å². The summed E-state index contributed by atoms with van der Waals surface area (Å²) in [6.07, 6.45) is 1.78. The molecule has 1 unspecified atom stereocenters. The van der Waals surface area contributed by atoms with Crippen LogP contribution in [0.1, 0.15) is 32.3 Å². The zero-order valence-corrected chi connectivity index (χ0v) is 13.6. The number of rotatable bonds is 4. The van der Waals surface area contributed by atoms with Gasteiger partial charge in [0.05, 0.1) is 9.67 Å². The second-order valence-corrected chi connectivity index (χ2v) is 7.55. The molecule has 0 aromatic heterocycles. The van der Waals surface area contributed by atoms with Gasteiger partial charge in [-0.15, -0.1) is 0 Å². The Balaban J connectivity index is 2.30. The Labute approximate surface area is 127 Å². The number of hydrogen-bond donors (Lipinski definition) is 0. The highest BCUT2D eigenvalue weighted by Crippen LogP contribution is 2.33. The lowest BCUT2D eigenvalue weighted by Crippen LogP contribution is -2.53. The Morgan fingerprint density at radius 3 is 2.57 bits per heavy atom. The molecule has 0 spiro atoms. The maximum atomic E-state index is 12.4. The molecule has 0 bridgehead atoms. The van der Waals surface area contributed by atoms with Gasteiger partial charge in [-0.1, -0.05) is 13.8 Å². The smallest absolute Gasteiger partial charge is 0.269 e. The summed E-state index contributed by atoms with van der Waals surface area (Å²) < 4.78 is 12.2. The molecule has 1 atom stereocenters. The Hall–Kier alpha value is -1.43. The fourth-order valence-corrected chi connectivity index (χ4v) is 4.78. The van der Waals surface area contributed by atoms with E-state index in [1.54, 1.807) is 12.1 Å². The molecule has 0 saturated carbocycles. The van der Waals surface area contributed by atoms with Crippen LogP contribution in [-0.4, -0.2) is 32.7 Å². The van der Waals surface area contributed by atoms with Crippen LogP contribution in [0.3, 0.4) is 0 Å². The van der Waals surface area contributed by atoms with E-state index in [0.29, 0.717) is 5.75 Å². The van der Waals surface area contributed by atoms with E-state index < -0.39 is 10.8 Å². The van der Waals surface area contributed by atoms with Crippen LogP contribution < -0.4 is 4.90 Å². The van der Waals surface area contributed by atoms with E-state index in [9.17, 15) is 14.3 Å². The average Bonchev–Trinajstić information content (AvgIpc) is 2.48. The normalized spacial score (nSPS) is 21.3. The molecule has 1 aromatic carbocycles. The molecule has 1 aliphatic rings. The number of anilines is 1. The maximum Gasteiger partial charge on any atom is 0.269 e. The Bertz CT molecular complexity index is 570. The van der Waals surface area contributed by atoms with Gasteiger partial charge in [0.1, 0.15) is 0 Å². The van der Waals surface area contributed by atoms with Crippen molar-refractivity contribution in [3.05, 3.63) is 33.9 Å². The molecule has 0 aliphatic carbocycles. The Kier molecular flexibility index (Phi) is 4.66. The van der Waals surface area contributed by atoms with Crippen molar-refractivity contribution in [1.29, 1.82) is 0 Å². The summed E-state index contributed by atoms with van der Waals surface area (Å²) in [6, 6.07) is 4.98. The van der Waals surface area contributed by atoms with Gasteiger partial charge in [-0.25, -0.2) is 0 Å². The van der Waals surface area contributed by atoms with E-state index >= 15 is 0 Å². The van der Waals surface area contributed by atoms with Gasteiger partial charge < -0.3 is 4.90 Å². The molecule has 1 aliphatic heterocycles. The van der Waals surface area contributed by atoms with Crippen LogP contribution >= 0.6 is 0 Å². The van der Waals surface area contributed by atoms with Crippen molar-refractivity contribution in [2.24, 2.45) is 0 Å². The molecule has 1 aromatic rings. The molecule has 0 amide bonds. The summed E-state index contributed by atoms with van der Waals surface area (Å²) in [4.78, 5) is 12.7. The molecular weight excluding hydrogens is 288 g/mol. The second kappa shape index (κ2) is 6.13. The van der Waals surface area contributed by atoms with Gasteiger partial charge in [0.2, 0.25) is 0 Å². The summed E-state index contributed by atoms with van der Waals surface area (Å²) >= 11 is 0. The van der Waals surface area contributed by atoms with Crippen LogP contribution in [0.5, 0.6) is 0 Å². The van der Waals surface area contributed by atoms with Gasteiger partial charge in [-0.3, -0.25) is 14.3 Å². The van der Waals surface area contributed by atoms with Crippen molar-refractivity contribution in [3.63, 3.8) is 0 Å². The van der Waals surface area contributed by atoms with Crippen molar-refractivity contribution in [3.8, 4) is 0 Å². The molecule has 0 radical (unpaired) electrons. The molecule has 6 heteroatoms. The number of aryl methyl sites for hydroxylation is 1. The highest BCUT2D eigenvalue weighted by atomic mass is 32.2. The molecule has 1 saturated heterocycles. The standard InChI is InChI=1S/C15H22N2O3S/c1-4-15(5-2)11-16(8-9-21(15)20)14-7-6-13(17(18)19)10-12(14)3/h6-7,10H,4-5,8-9,11H2,1-3H3. The minimum Gasteiger partial charge on any atom is -0.369 e. The van der Waals surface area contributed by atoms with E-state index in [-0.39, 0.29) is 15.4 Å². The number of nitrogens with zero attached hydrogens (tertiary/aromatic N) is 2. The number of nitro groups is 1. The van der Waals surface area contributed by atoms with Crippen molar-refractivity contribution in [2.75, 3.05) is 23.7 Å². The van der Waals surface area contributed by atoms with Crippen molar-refractivity contribution < 1.29 is 9.13 Å². The molecule has 1 heterocycles. The minimum absolute atomic E-state index is 0.120. The van der Waals surface area contributed by atoms with Crippen LogP contribution in [0.15, 0.2) is 18.2 Å². The fraction of sp³-hybridized carbons (Fsp3) is 0.600. The first-order chi connectivity index (χ1) is 9.93. The lowest BCUT2D eigenvalue weighted by atomic mass is 10.00. The van der Waals surface area contributed by atoms with Gasteiger partial charge in [-0.2, -0.15) is 0 Å². The third kappa shape index (κ3) is 2.95. The van der Waals surface area contributed by atoms with Crippen molar-refractivity contribution in [2.45, 2.75) is 38.4 Å². The topological polar surface area (TPSA) is 63.4 Å². The molecule has 2 rings (SSSR count). The first-order valence-electron chi connectivity index (χ1n) is 7.32. The third-order valence-corrected chi connectivity index (χ3v) is 6.75. The number of benzene rings is 1. The van der Waals surface area contributed by atoms with Crippen LogP contribution in [0, 0.1) is 17.0 Å². The van der Waals surface area contributed by atoms with Gasteiger partial charge in [-0.05, 0) is 31.4 Å². The minimum atomic E-state index is -0.799. The van der Waals surface area contributed by atoms with Crippen molar-refractivity contribution >= 4 is 22.2 Å². The molecular formula is C15H22N2O3S. The molecule has 21 heavy (non-hydrogen) atoms. The lowest BCUT2D eigenvalue weighted by Gasteiger charge is -2.42.